The molecule has 19 heavy (non-hydrogen) atoms. The van der Waals surface area contributed by atoms with Gasteiger partial charge in [-0.05, 0) is 25.0 Å². The molecule has 0 bridgehead atoms. The lowest BCUT2D eigenvalue weighted by atomic mass is 10.1. The van der Waals surface area contributed by atoms with Crippen LogP contribution in [0, 0.1) is 0 Å². The Kier molecular flexibility index (Phi) is 3.17. The van der Waals surface area contributed by atoms with Crippen molar-refractivity contribution in [3.05, 3.63) is 41.6 Å². The number of hydrogen-bond acceptors (Lipinski definition) is 3. The van der Waals surface area contributed by atoms with Gasteiger partial charge in [0.15, 0.2) is 0 Å². The van der Waals surface area contributed by atoms with Crippen molar-refractivity contribution in [3.63, 3.8) is 0 Å². The van der Waals surface area contributed by atoms with Crippen LogP contribution in [0.1, 0.15) is 34.8 Å². The van der Waals surface area contributed by atoms with Crippen molar-refractivity contribution in [1.82, 2.24) is 10.3 Å². The molecule has 0 saturated heterocycles. The van der Waals surface area contributed by atoms with E-state index >= 15 is 0 Å². The highest BCUT2D eigenvalue weighted by Gasteiger charge is 2.26. The molecule has 4 nitrogen and oxygen atoms in total. The third-order valence-corrected chi connectivity index (χ3v) is 3.37. The molecule has 1 heterocycles. The number of aromatic nitrogens is 1. The van der Waals surface area contributed by atoms with Crippen molar-refractivity contribution in [2.45, 2.75) is 18.8 Å². The van der Waals surface area contributed by atoms with E-state index in [0.717, 1.165) is 29.4 Å². The maximum Gasteiger partial charge on any atom is 0.252 e. The molecule has 0 aliphatic heterocycles. The topological polar surface area (TPSA) is 62.2 Å². The van der Waals surface area contributed by atoms with Crippen LogP contribution in [-0.4, -0.2) is 29.1 Å². The summed E-state index contributed by atoms with van der Waals surface area (Å²) in [5, 5.41) is 12.4. The number of nitrogens with zero attached hydrogens (tertiary/aromatic N) is 1. The lowest BCUT2D eigenvalue weighted by Gasteiger charge is -2.09. The fourth-order valence-electron chi connectivity index (χ4n) is 2.24. The molecule has 1 fully saturated rings. The molecule has 0 spiro atoms. The van der Waals surface area contributed by atoms with E-state index in [0.29, 0.717) is 11.5 Å². The summed E-state index contributed by atoms with van der Waals surface area (Å²) in [4.78, 5) is 16.8. The van der Waals surface area contributed by atoms with Gasteiger partial charge in [0.2, 0.25) is 0 Å². The van der Waals surface area contributed by atoms with Gasteiger partial charge >= 0.3 is 0 Å². The number of rotatable bonds is 4. The van der Waals surface area contributed by atoms with Gasteiger partial charge in [0.25, 0.3) is 5.91 Å². The number of para-hydroxylation sites is 1. The monoisotopic (exact) mass is 256 g/mol. The first-order valence-electron chi connectivity index (χ1n) is 6.58. The normalized spacial score (nSPS) is 14.6. The van der Waals surface area contributed by atoms with Crippen LogP contribution in [0.5, 0.6) is 0 Å². The molecule has 0 atom stereocenters. The van der Waals surface area contributed by atoms with E-state index < -0.39 is 0 Å². The van der Waals surface area contributed by atoms with Crippen LogP contribution >= 0.6 is 0 Å². The fourth-order valence-corrected chi connectivity index (χ4v) is 2.24. The molecule has 0 radical (unpaired) electrons. The van der Waals surface area contributed by atoms with Gasteiger partial charge in [-0.2, -0.15) is 0 Å². The second kappa shape index (κ2) is 4.97. The predicted molar refractivity (Wildman–Crippen MR) is 73.1 cm³/mol. The maximum absolute atomic E-state index is 12.2. The summed E-state index contributed by atoms with van der Waals surface area (Å²) in [5.74, 6) is 0.364. The molecular formula is C15H16N2O2. The Hall–Kier alpha value is -1.94. The van der Waals surface area contributed by atoms with Crippen LogP contribution in [-0.2, 0) is 0 Å². The van der Waals surface area contributed by atoms with Crippen LogP contribution in [0.3, 0.4) is 0 Å². The zero-order valence-corrected chi connectivity index (χ0v) is 10.6. The van der Waals surface area contributed by atoms with E-state index in [1.807, 2.05) is 30.3 Å². The Morgan fingerprint density at radius 3 is 2.89 bits per heavy atom. The number of hydrogen-bond donors (Lipinski definition) is 2. The van der Waals surface area contributed by atoms with Gasteiger partial charge in [0.1, 0.15) is 0 Å². The Morgan fingerprint density at radius 1 is 1.37 bits per heavy atom. The molecule has 1 aliphatic rings. The van der Waals surface area contributed by atoms with Crippen molar-refractivity contribution in [1.29, 1.82) is 0 Å². The van der Waals surface area contributed by atoms with Crippen LogP contribution in [0.2, 0.25) is 0 Å². The average molecular weight is 256 g/mol. The van der Waals surface area contributed by atoms with Gasteiger partial charge in [-0.25, -0.2) is 0 Å². The highest BCUT2D eigenvalue weighted by atomic mass is 16.3. The minimum absolute atomic E-state index is 0.0514. The van der Waals surface area contributed by atoms with Crippen LogP contribution < -0.4 is 5.32 Å². The fraction of sp³-hybridized carbons (Fsp3) is 0.333. The van der Waals surface area contributed by atoms with Crippen LogP contribution in [0.25, 0.3) is 10.9 Å². The molecule has 2 aromatic rings. The van der Waals surface area contributed by atoms with Gasteiger partial charge < -0.3 is 10.4 Å². The first-order valence-corrected chi connectivity index (χ1v) is 6.58. The van der Waals surface area contributed by atoms with E-state index in [1.54, 1.807) is 0 Å². The summed E-state index contributed by atoms with van der Waals surface area (Å²) in [6, 6.07) is 9.58. The highest BCUT2D eigenvalue weighted by molar-refractivity contribution is 6.06. The highest BCUT2D eigenvalue weighted by Crippen LogP contribution is 2.40. The number of pyridine rings is 1. The number of carbonyl (C=O) groups is 1. The first-order chi connectivity index (χ1) is 9.29. The molecule has 0 unspecified atom stereocenters. The lowest BCUT2D eigenvalue weighted by Crippen LogP contribution is -2.26. The summed E-state index contributed by atoms with van der Waals surface area (Å²) in [6.45, 7) is 0.221. The summed E-state index contributed by atoms with van der Waals surface area (Å²) < 4.78 is 0. The van der Waals surface area contributed by atoms with E-state index in [-0.39, 0.29) is 19.1 Å². The minimum atomic E-state index is -0.144. The number of benzene rings is 1. The Balaban J connectivity index is 2.06. The molecular weight excluding hydrogens is 240 g/mol. The molecule has 1 aromatic heterocycles. The van der Waals surface area contributed by atoms with Crippen molar-refractivity contribution in [2.24, 2.45) is 0 Å². The Bertz CT molecular complexity index is 621. The average Bonchev–Trinajstić information content (AvgIpc) is 3.28. The number of fused-ring (bicyclic) bond motifs is 1. The molecule has 1 saturated carbocycles. The predicted octanol–water partition coefficient (Wildman–Crippen LogP) is 1.83. The number of amides is 1. The van der Waals surface area contributed by atoms with Gasteiger partial charge in [0.05, 0.1) is 17.7 Å². The minimum Gasteiger partial charge on any atom is -0.395 e. The molecule has 2 N–H and O–H groups in total. The van der Waals surface area contributed by atoms with Crippen LogP contribution in [0.4, 0.5) is 0 Å². The van der Waals surface area contributed by atoms with Gasteiger partial charge in [-0.15, -0.1) is 0 Å². The summed E-state index contributed by atoms with van der Waals surface area (Å²) in [6.07, 6.45) is 2.31. The zero-order chi connectivity index (χ0) is 13.2. The van der Waals surface area contributed by atoms with Gasteiger partial charge in [0, 0.05) is 23.5 Å². The number of aliphatic hydroxyl groups is 1. The van der Waals surface area contributed by atoms with Crippen molar-refractivity contribution >= 4 is 16.8 Å². The Labute approximate surface area is 111 Å². The number of nitrogens with one attached hydrogen (secondary N) is 1. The van der Waals surface area contributed by atoms with E-state index in [4.69, 9.17) is 5.11 Å². The Morgan fingerprint density at radius 2 is 2.16 bits per heavy atom. The third kappa shape index (κ3) is 2.44. The third-order valence-electron chi connectivity index (χ3n) is 3.37. The molecule has 4 heteroatoms. The lowest BCUT2D eigenvalue weighted by molar-refractivity contribution is 0.0946. The molecule has 1 aromatic carbocycles. The molecule has 3 rings (SSSR count). The van der Waals surface area contributed by atoms with Crippen molar-refractivity contribution in [3.8, 4) is 0 Å². The van der Waals surface area contributed by atoms with Crippen molar-refractivity contribution < 1.29 is 9.90 Å². The number of aliphatic hydroxyl groups excluding tert-OH is 1. The summed E-state index contributed by atoms with van der Waals surface area (Å²) in [5.41, 5.74) is 2.52. The van der Waals surface area contributed by atoms with E-state index in [1.165, 1.54) is 0 Å². The molecule has 1 aliphatic carbocycles. The second-order valence-electron chi connectivity index (χ2n) is 4.87. The summed E-state index contributed by atoms with van der Waals surface area (Å²) >= 11 is 0. The standard InChI is InChI=1S/C15H16N2O2/c18-8-7-16-15(19)12-9-14(10-5-6-10)17-13-4-2-1-3-11(12)13/h1-4,9-10,18H,5-8H2,(H,16,19). The molecule has 1 amide bonds. The molecule has 98 valence electrons. The van der Waals surface area contributed by atoms with Gasteiger partial charge in [-0.3, -0.25) is 9.78 Å². The SMILES string of the molecule is O=C(NCCO)c1cc(C2CC2)nc2ccccc12. The van der Waals surface area contributed by atoms with Crippen molar-refractivity contribution in [2.75, 3.05) is 13.2 Å². The maximum atomic E-state index is 12.2. The first kappa shape index (κ1) is 12.1. The summed E-state index contributed by atoms with van der Waals surface area (Å²) in [7, 11) is 0. The second-order valence-corrected chi connectivity index (χ2v) is 4.87. The smallest absolute Gasteiger partial charge is 0.252 e. The zero-order valence-electron chi connectivity index (χ0n) is 10.6. The largest absolute Gasteiger partial charge is 0.395 e. The van der Waals surface area contributed by atoms with E-state index in [9.17, 15) is 4.79 Å². The van der Waals surface area contributed by atoms with Gasteiger partial charge in [-0.1, -0.05) is 18.2 Å². The van der Waals surface area contributed by atoms with Crippen LogP contribution in [0.15, 0.2) is 30.3 Å². The quantitative estimate of drug-likeness (QED) is 0.877. The van der Waals surface area contributed by atoms with E-state index in [2.05, 4.69) is 10.3 Å². The number of carbonyl (C=O) groups excluding carboxylic acids is 1.